The predicted octanol–water partition coefficient (Wildman–Crippen LogP) is 4.51. The first-order valence-electron chi connectivity index (χ1n) is 6.99. The van der Waals surface area contributed by atoms with Gasteiger partial charge in [-0.05, 0) is 48.9 Å². The highest BCUT2D eigenvalue weighted by atomic mass is 19.4. The Hall–Kier alpha value is -2.54. The monoisotopic (exact) mass is 340 g/mol. The number of carbonyl (C=O) groups excluding carboxylic acids is 1. The lowest BCUT2D eigenvalue weighted by Crippen LogP contribution is -2.16. The van der Waals surface area contributed by atoms with Crippen LogP contribution in [0, 0.1) is 0 Å². The van der Waals surface area contributed by atoms with E-state index in [-0.39, 0.29) is 5.56 Å². The lowest BCUT2D eigenvalue weighted by atomic mass is 10.1. The van der Waals surface area contributed by atoms with E-state index in [1.807, 2.05) is 0 Å². The second-order valence-electron chi connectivity index (χ2n) is 4.89. The lowest BCUT2D eigenvalue weighted by molar-refractivity contribution is -0.342. The summed E-state index contributed by atoms with van der Waals surface area (Å²) in [6.07, 6.45) is -5.89. The van der Waals surface area contributed by atoms with Crippen molar-refractivity contribution in [3.05, 3.63) is 59.7 Å². The van der Waals surface area contributed by atoms with Crippen molar-refractivity contribution in [1.29, 1.82) is 0 Å². The molecule has 24 heavy (non-hydrogen) atoms. The first kappa shape index (κ1) is 17.8. The van der Waals surface area contributed by atoms with Gasteiger partial charge in [0.2, 0.25) is 0 Å². The Morgan fingerprint density at radius 2 is 1.50 bits per heavy atom. The van der Waals surface area contributed by atoms with E-state index in [2.05, 4.69) is 4.74 Å². The van der Waals surface area contributed by atoms with Gasteiger partial charge in [0.05, 0.1) is 18.8 Å². The van der Waals surface area contributed by atoms with Crippen LogP contribution in [0.15, 0.2) is 48.5 Å². The average molecular weight is 340 g/mol. The van der Waals surface area contributed by atoms with Crippen molar-refractivity contribution in [3.8, 4) is 11.5 Å². The molecule has 0 fully saturated rings. The minimum absolute atomic E-state index is 0.216. The molecule has 2 aromatic rings. The number of benzene rings is 2. The van der Waals surface area contributed by atoms with Crippen LogP contribution >= 0.6 is 0 Å². The molecule has 0 N–H and O–H groups in total. The zero-order valence-electron chi connectivity index (χ0n) is 13.0. The summed E-state index contributed by atoms with van der Waals surface area (Å²) >= 11 is 0. The van der Waals surface area contributed by atoms with Gasteiger partial charge >= 0.3 is 12.3 Å². The van der Waals surface area contributed by atoms with Gasteiger partial charge in [-0.15, -0.1) is 13.2 Å². The summed E-state index contributed by atoms with van der Waals surface area (Å²) in [6.45, 7) is 1.28. The maximum atomic E-state index is 12.2. The van der Waals surface area contributed by atoms with Crippen LogP contribution in [0.25, 0.3) is 0 Å². The number of hydrogen-bond donors (Lipinski definition) is 0. The highest BCUT2D eigenvalue weighted by Crippen LogP contribution is 2.27. The molecule has 2 aromatic carbocycles. The van der Waals surface area contributed by atoms with E-state index in [4.69, 9.17) is 9.47 Å². The number of ether oxygens (including phenoxy) is 3. The predicted molar refractivity (Wildman–Crippen MR) is 79.9 cm³/mol. The van der Waals surface area contributed by atoms with Crippen molar-refractivity contribution < 1.29 is 32.2 Å². The molecule has 0 amide bonds. The summed E-state index contributed by atoms with van der Waals surface area (Å²) < 4.78 is 50.7. The fraction of sp³-hybridized carbons (Fsp3) is 0.235. The zero-order valence-corrected chi connectivity index (χ0v) is 13.0. The molecule has 0 aromatic heterocycles. The summed E-state index contributed by atoms with van der Waals surface area (Å²) in [4.78, 5) is 12.0. The van der Waals surface area contributed by atoms with Crippen molar-refractivity contribution in [1.82, 2.24) is 0 Å². The van der Waals surface area contributed by atoms with Gasteiger partial charge in [0.15, 0.2) is 0 Å². The Bertz CT molecular complexity index is 678. The molecule has 1 atom stereocenters. The van der Waals surface area contributed by atoms with E-state index in [1.165, 1.54) is 38.3 Å². The molecule has 0 aliphatic rings. The van der Waals surface area contributed by atoms with Gasteiger partial charge < -0.3 is 9.47 Å². The summed E-state index contributed by atoms with van der Waals surface area (Å²) in [7, 11) is 1.52. The first-order chi connectivity index (χ1) is 11.3. The third-order valence-electron chi connectivity index (χ3n) is 3.20. The number of rotatable bonds is 5. The van der Waals surface area contributed by atoms with E-state index in [0.29, 0.717) is 17.1 Å². The summed E-state index contributed by atoms with van der Waals surface area (Å²) in [5, 5.41) is 0. The van der Waals surface area contributed by atoms with Gasteiger partial charge in [-0.25, -0.2) is 4.79 Å². The number of alkyl halides is 3. The molecule has 128 valence electrons. The fourth-order valence-electron chi connectivity index (χ4n) is 1.97. The Labute approximate surface area is 136 Å². The SMILES string of the molecule is COc1ccc(OC(=O)c2ccc(C(C)OC(F)(F)F)cc2)cc1. The summed E-state index contributed by atoms with van der Waals surface area (Å²) in [5.41, 5.74) is 0.516. The summed E-state index contributed by atoms with van der Waals surface area (Å²) in [5.74, 6) is 0.340. The maximum absolute atomic E-state index is 12.2. The van der Waals surface area contributed by atoms with E-state index >= 15 is 0 Å². The van der Waals surface area contributed by atoms with Crippen molar-refractivity contribution in [3.63, 3.8) is 0 Å². The van der Waals surface area contributed by atoms with Crippen LogP contribution < -0.4 is 9.47 Å². The highest BCUT2D eigenvalue weighted by Gasteiger charge is 2.32. The normalized spacial score (nSPS) is 12.5. The Kier molecular flexibility index (Phi) is 5.46. The average Bonchev–Trinajstić information content (AvgIpc) is 2.54. The summed E-state index contributed by atoms with van der Waals surface area (Å²) in [6, 6.07) is 12.0. The largest absolute Gasteiger partial charge is 0.523 e. The molecule has 0 aliphatic carbocycles. The van der Waals surface area contributed by atoms with Gasteiger partial charge in [-0.2, -0.15) is 0 Å². The molecule has 0 radical (unpaired) electrons. The Balaban J connectivity index is 2.02. The molecule has 4 nitrogen and oxygen atoms in total. The van der Waals surface area contributed by atoms with Crippen LogP contribution in [0.2, 0.25) is 0 Å². The molecule has 0 spiro atoms. The number of esters is 1. The molecular weight excluding hydrogens is 325 g/mol. The molecular formula is C17H15F3O4. The van der Waals surface area contributed by atoms with Gasteiger partial charge in [0, 0.05) is 0 Å². The molecule has 1 unspecified atom stereocenters. The second kappa shape index (κ2) is 7.35. The third kappa shape index (κ3) is 4.99. The van der Waals surface area contributed by atoms with Crippen LogP contribution in [0.5, 0.6) is 11.5 Å². The molecule has 2 rings (SSSR count). The van der Waals surface area contributed by atoms with Gasteiger partial charge in [0.25, 0.3) is 0 Å². The van der Waals surface area contributed by atoms with Crippen LogP contribution in [0.3, 0.4) is 0 Å². The fourth-order valence-corrected chi connectivity index (χ4v) is 1.97. The molecule has 7 heteroatoms. The number of hydrogen-bond acceptors (Lipinski definition) is 4. The number of carbonyl (C=O) groups is 1. The molecule has 0 bridgehead atoms. The van der Waals surface area contributed by atoms with E-state index in [1.54, 1.807) is 24.3 Å². The smallest absolute Gasteiger partial charge is 0.497 e. The van der Waals surface area contributed by atoms with E-state index in [9.17, 15) is 18.0 Å². The Morgan fingerprint density at radius 3 is 2.00 bits per heavy atom. The van der Waals surface area contributed by atoms with Crippen LogP contribution in [0.1, 0.15) is 28.9 Å². The minimum Gasteiger partial charge on any atom is -0.497 e. The van der Waals surface area contributed by atoms with Crippen molar-refractivity contribution in [2.24, 2.45) is 0 Å². The first-order valence-corrected chi connectivity index (χ1v) is 6.99. The van der Waals surface area contributed by atoms with Crippen LogP contribution in [-0.4, -0.2) is 19.4 Å². The van der Waals surface area contributed by atoms with Crippen molar-refractivity contribution >= 4 is 5.97 Å². The maximum Gasteiger partial charge on any atom is 0.523 e. The number of methoxy groups -OCH3 is 1. The van der Waals surface area contributed by atoms with Gasteiger partial charge in [0.1, 0.15) is 11.5 Å². The minimum atomic E-state index is -4.72. The topological polar surface area (TPSA) is 44.8 Å². The highest BCUT2D eigenvalue weighted by molar-refractivity contribution is 5.91. The van der Waals surface area contributed by atoms with Gasteiger partial charge in [-0.1, -0.05) is 12.1 Å². The van der Waals surface area contributed by atoms with Crippen LogP contribution in [-0.2, 0) is 4.74 Å². The number of halogens is 3. The van der Waals surface area contributed by atoms with E-state index < -0.39 is 18.4 Å². The molecule has 0 saturated carbocycles. The van der Waals surface area contributed by atoms with E-state index in [0.717, 1.165) is 0 Å². The molecule has 0 saturated heterocycles. The lowest BCUT2D eigenvalue weighted by Gasteiger charge is -2.15. The van der Waals surface area contributed by atoms with Crippen LogP contribution in [0.4, 0.5) is 13.2 Å². The van der Waals surface area contributed by atoms with Crippen molar-refractivity contribution in [2.75, 3.05) is 7.11 Å². The quantitative estimate of drug-likeness (QED) is 0.593. The molecule has 0 heterocycles. The molecule has 0 aliphatic heterocycles. The third-order valence-corrected chi connectivity index (χ3v) is 3.20. The second-order valence-corrected chi connectivity index (χ2v) is 4.89. The van der Waals surface area contributed by atoms with Gasteiger partial charge in [-0.3, -0.25) is 4.74 Å². The Morgan fingerprint density at radius 1 is 0.958 bits per heavy atom. The van der Waals surface area contributed by atoms with Crippen molar-refractivity contribution in [2.45, 2.75) is 19.4 Å². The zero-order chi connectivity index (χ0) is 17.7. The standard InChI is InChI=1S/C17H15F3O4/c1-11(24-17(18,19)20)12-3-5-13(6-4-12)16(21)23-15-9-7-14(22-2)8-10-15/h3-11H,1-2H3.